The van der Waals surface area contributed by atoms with E-state index in [9.17, 15) is 9.32 Å². The highest BCUT2D eigenvalue weighted by Gasteiger charge is 2.10. The summed E-state index contributed by atoms with van der Waals surface area (Å²) in [6.07, 6.45) is 2.99. The maximum atomic E-state index is 11.9. The maximum Gasteiger partial charge on any atom is 0.229 e. The van der Waals surface area contributed by atoms with Crippen molar-refractivity contribution in [3.63, 3.8) is 0 Å². The van der Waals surface area contributed by atoms with E-state index in [0.717, 1.165) is 16.9 Å². The van der Waals surface area contributed by atoms with Gasteiger partial charge in [0, 0.05) is 28.4 Å². The molecule has 4 N–H and O–H groups in total. The van der Waals surface area contributed by atoms with Crippen molar-refractivity contribution in [2.45, 2.75) is 24.5 Å². The molecule has 0 saturated carbocycles. The molecule has 0 radical (unpaired) electrons. The second-order valence-electron chi connectivity index (χ2n) is 8.73. The van der Waals surface area contributed by atoms with Crippen molar-refractivity contribution in [2.24, 2.45) is 0 Å². The van der Waals surface area contributed by atoms with Gasteiger partial charge in [-0.3, -0.25) is 0 Å². The Hall–Kier alpha value is -4.39. The van der Waals surface area contributed by atoms with Crippen LogP contribution in [0.2, 0.25) is 0 Å². The number of nitrogens with zero attached hydrogens (tertiary/aromatic N) is 2. The zero-order chi connectivity index (χ0) is 27.0. The minimum absolute atomic E-state index is 0.0781. The van der Waals surface area contributed by atoms with Crippen LogP contribution < -0.4 is 15.4 Å². The van der Waals surface area contributed by atoms with Crippen LogP contribution in [0.4, 0.5) is 17.5 Å². The van der Waals surface area contributed by atoms with Gasteiger partial charge in [-0.2, -0.15) is 4.98 Å². The minimum Gasteiger partial charge on any atom is -0.489 e. The van der Waals surface area contributed by atoms with E-state index in [4.69, 9.17) is 9.52 Å². The molecule has 0 bridgehead atoms. The van der Waals surface area contributed by atoms with Crippen molar-refractivity contribution in [3.05, 3.63) is 102 Å². The van der Waals surface area contributed by atoms with Crippen LogP contribution in [0.25, 0.3) is 0 Å². The molecule has 2 atom stereocenters. The van der Waals surface area contributed by atoms with Gasteiger partial charge >= 0.3 is 0 Å². The highest BCUT2D eigenvalue weighted by atomic mass is 32.2. The molecule has 38 heavy (non-hydrogen) atoms. The highest BCUT2D eigenvalue weighted by Crippen LogP contribution is 2.20. The van der Waals surface area contributed by atoms with Gasteiger partial charge in [-0.25, -0.2) is 14.0 Å². The van der Waals surface area contributed by atoms with Gasteiger partial charge in [-0.15, -0.1) is 0 Å². The second-order valence-corrected chi connectivity index (χ2v) is 10.9. The Labute approximate surface area is 223 Å². The average molecular weight is 528 g/mol. The topological polar surface area (TPSA) is 120 Å². The smallest absolute Gasteiger partial charge is 0.229 e. The van der Waals surface area contributed by atoms with Gasteiger partial charge in [0.15, 0.2) is 0 Å². The summed E-state index contributed by atoms with van der Waals surface area (Å²) in [6, 6.07) is 24.0. The van der Waals surface area contributed by atoms with Gasteiger partial charge in [-0.05, 0) is 55.0 Å². The van der Waals surface area contributed by atoms with Crippen molar-refractivity contribution < 1.29 is 14.1 Å². The predicted molar refractivity (Wildman–Crippen MR) is 150 cm³/mol. The van der Waals surface area contributed by atoms with Crippen LogP contribution in [-0.2, 0) is 16.3 Å². The number of aliphatic hydroxyl groups excluding tert-OH is 1. The first-order valence-corrected chi connectivity index (χ1v) is 13.9. The predicted octanol–water partition coefficient (Wildman–Crippen LogP) is 5.03. The van der Waals surface area contributed by atoms with Gasteiger partial charge in [-0.1, -0.05) is 48.2 Å². The van der Waals surface area contributed by atoms with Crippen molar-refractivity contribution >= 4 is 27.2 Å². The lowest BCUT2D eigenvalue weighted by atomic mass is 10.2. The molecule has 0 aliphatic carbocycles. The van der Waals surface area contributed by atoms with E-state index in [2.05, 4.69) is 32.4 Å². The van der Waals surface area contributed by atoms with Crippen LogP contribution >= 0.6 is 0 Å². The number of benzene rings is 3. The summed E-state index contributed by atoms with van der Waals surface area (Å²) in [5, 5.41) is 15.8. The Morgan fingerprint density at radius 2 is 1.82 bits per heavy atom. The molecule has 0 fully saturated rings. The van der Waals surface area contributed by atoms with E-state index >= 15 is 0 Å². The number of anilines is 3. The molecular formula is C29H29N5O3S. The van der Waals surface area contributed by atoms with Gasteiger partial charge in [0.2, 0.25) is 5.95 Å². The number of aromatic nitrogens is 2. The van der Waals surface area contributed by atoms with Gasteiger partial charge in [0.25, 0.3) is 0 Å². The number of hydrogen-bond donors (Lipinski definition) is 4. The van der Waals surface area contributed by atoms with Crippen molar-refractivity contribution in [3.8, 4) is 17.6 Å². The summed E-state index contributed by atoms with van der Waals surface area (Å²) >= 11 is 0. The van der Waals surface area contributed by atoms with Crippen LogP contribution in [0, 0.1) is 16.6 Å². The number of rotatable bonds is 9. The molecule has 0 spiro atoms. The van der Waals surface area contributed by atoms with E-state index < -0.39 is 9.73 Å². The zero-order valence-electron chi connectivity index (χ0n) is 21.1. The molecule has 4 rings (SSSR count). The third kappa shape index (κ3) is 7.56. The molecule has 1 unspecified atom stereocenters. The summed E-state index contributed by atoms with van der Waals surface area (Å²) in [4.78, 5) is 9.39. The molecule has 0 aliphatic heterocycles. The highest BCUT2D eigenvalue weighted by molar-refractivity contribution is 7.91. The lowest BCUT2D eigenvalue weighted by molar-refractivity contribution is 0.281. The van der Waals surface area contributed by atoms with Gasteiger partial charge < -0.3 is 20.5 Å². The van der Waals surface area contributed by atoms with Crippen LogP contribution in [-0.4, -0.2) is 38.2 Å². The fourth-order valence-electron chi connectivity index (χ4n) is 3.39. The number of aliphatic hydroxyl groups is 1. The summed E-state index contributed by atoms with van der Waals surface area (Å²) in [6.45, 7) is 2.23. The molecule has 1 heterocycles. The normalized spacial score (nSPS) is 12.9. The Kier molecular flexibility index (Phi) is 8.58. The molecule has 9 heteroatoms. The van der Waals surface area contributed by atoms with Crippen LogP contribution in [0.3, 0.4) is 0 Å². The van der Waals surface area contributed by atoms with E-state index in [1.807, 2.05) is 61.5 Å². The van der Waals surface area contributed by atoms with E-state index in [-0.39, 0.29) is 12.6 Å². The first-order chi connectivity index (χ1) is 18.3. The monoisotopic (exact) mass is 527 g/mol. The molecular weight excluding hydrogens is 498 g/mol. The number of ether oxygens (including phenoxy) is 1. The Morgan fingerprint density at radius 1 is 1.05 bits per heavy atom. The zero-order valence-corrected chi connectivity index (χ0v) is 22.0. The summed E-state index contributed by atoms with van der Waals surface area (Å²) in [7, 11) is -2.79. The van der Waals surface area contributed by atoms with Crippen LogP contribution in [0.1, 0.15) is 23.6 Å². The SMILES string of the molecule is C[C@H](CO)Nc1nc(Nc2ccc(S(C)(=N)=O)cc2)ncc1C#Cc1cccc(OCc2ccccc2)c1. The van der Waals surface area contributed by atoms with Gasteiger partial charge in [0.05, 0.1) is 28.1 Å². The first-order valence-electron chi connectivity index (χ1n) is 11.9. The molecule has 0 aliphatic rings. The van der Waals surface area contributed by atoms with Crippen molar-refractivity contribution in [1.82, 2.24) is 9.97 Å². The fourth-order valence-corrected chi connectivity index (χ4v) is 4.05. The maximum absolute atomic E-state index is 11.9. The molecule has 4 aromatic rings. The molecule has 3 aromatic carbocycles. The molecule has 0 saturated heterocycles. The van der Waals surface area contributed by atoms with Crippen molar-refractivity contribution in [2.75, 3.05) is 23.5 Å². The lowest BCUT2D eigenvalue weighted by Crippen LogP contribution is -2.21. The summed E-state index contributed by atoms with van der Waals surface area (Å²) < 4.78 is 25.5. The Morgan fingerprint density at radius 3 is 2.53 bits per heavy atom. The van der Waals surface area contributed by atoms with Gasteiger partial charge in [0.1, 0.15) is 18.2 Å². The van der Waals surface area contributed by atoms with Crippen molar-refractivity contribution in [1.29, 1.82) is 4.78 Å². The molecule has 8 nitrogen and oxygen atoms in total. The standard InChI is InChI=1S/C29H29N5O3S/c1-21(19-35)32-28-24(18-31-29(34-28)33-25-13-15-27(16-14-25)38(2,30)36)12-11-22-9-6-10-26(17-22)37-20-23-7-4-3-5-8-23/h3-10,13-18,21,30,35H,19-20H2,1-2H3,(H2,31,32,33,34)/t21-,38?/m1/s1. The number of hydrogen-bond acceptors (Lipinski definition) is 8. The minimum atomic E-state index is -2.79. The molecule has 0 amide bonds. The molecule has 194 valence electrons. The third-order valence-corrected chi connectivity index (χ3v) is 6.60. The van der Waals surface area contributed by atoms with Crippen LogP contribution in [0.5, 0.6) is 5.75 Å². The largest absolute Gasteiger partial charge is 0.489 e. The lowest BCUT2D eigenvalue weighted by Gasteiger charge is -2.14. The summed E-state index contributed by atoms with van der Waals surface area (Å²) in [5.74, 6) is 7.79. The van der Waals surface area contributed by atoms with E-state index in [1.54, 1.807) is 30.5 Å². The molecule has 1 aromatic heterocycles. The van der Waals surface area contributed by atoms with Crippen LogP contribution in [0.15, 0.2) is 90.0 Å². The first kappa shape index (κ1) is 26.7. The third-order valence-electron chi connectivity index (χ3n) is 5.43. The summed E-state index contributed by atoms with van der Waals surface area (Å²) in [5.41, 5.74) is 3.12. The number of nitrogens with one attached hydrogen (secondary N) is 3. The Bertz CT molecular complexity index is 1550. The fraction of sp³-hybridized carbons (Fsp3) is 0.172. The Balaban J connectivity index is 1.53. The quantitative estimate of drug-likeness (QED) is 0.225. The average Bonchev–Trinajstić information content (AvgIpc) is 2.92. The second kappa shape index (κ2) is 12.2. The van der Waals surface area contributed by atoms with E-state index in [0.29, 0.717) is 34.5 Å². The van der Waals surface area contributed by atoms with E-state index in [1.165, 1.54) is 6.26 Å².